The number of carbonyl (C=O) groups is 1. The van der Waals surface area contributed by atoms with E-state index < -0.39 is 5.82 Å². The summed E-state index contributed by atoms with van der Waals surface area (Å²) < 4.78 is 17.1. The van der Waals surface area contributed by atoms with Crippen LogP contribution in [0.5, 0.6) is 0 Å². The molecular formula is C17H15BrFN5O. The Labute approximate surface area is 151 Å². The molecule has 2 aromatic heterocycles. The SMILES string of the molecule is C=CC(=O)NCc1ccc(-c2c(Br)c3c(N)ncnc3n2C)c(F)c1. The number of amides is 1. The molecule has 0 aliphatic heterocycles. The van der Waals surface area contributed by atoms with Gasteiger partial charge in [-0.15, -0.1) is 0 Å². The van der Waals surface area contributed by atoms with Gasteiger partial charge in [-0.2, -0.15) is 0 Å². The van der Waals surface area contributed by atoms with Crippen LogP contribution in [0.15, 0.2) is 41.7 Å². The number of nitrogens with one attached hydrogen (secondary N) is 1. The third-order valence-corrected chi connectivity index (χ3v) is 4.65. The number of benzene rings is 1. The quantitative estimate of drug-likeness (QED) is 0.655. The van der Waals surface area contributed by atoms with Gasteiger partial charge in [0.15, 0.2) is 0 Å². The summed E-state index contributed by atoms with van der Waals surface area (Å²) in [6.45, 7) is 3.60. The number of fused-ring (bicyclic) bond motifs is 1. The molecule has 0 bridgehead atoms. The van der Waals surface area contributed by atoms with Crippen LogP contribution in [0, 0.1) is 5.82 Å². The lowest BCUT2D eigenvalue weighted by Crippen LogP contribution is -2.19. The molecule has 128 valence electrons. The second-order valence-electron chi connectivity index (χ2n) is 5.42. The highest BCUT2D eigenvalue weighted by molar-refractivity contribution is 9.10. The van der Waals surface area contributed by atoms with Crippen molar-refractivity contribution in [3.05, 3.63) is 53.0 Å². The molecule has 3 aromatic rings. The molecule has 6 nitrogen and oxygen atoms in total. The zero-order valence-corrected chi connectivity index (χ0v) is 15.0. The van der Waals surface area contributed by atoms with Gasteiger partial charge >= 0.3 is 0 Å². The van der Waals surface area contributed by atoms with Crippen LogP contribution in [0.2, 0.25) is 0 Å². The van der Waals surface area contributed by atoms with Crippen LogP contribution in [0.25, 0.3) is 22.3 Å². The first-order valence-corrected chi connectivity index (χ1v) is 8.16. The van der Waals surface area contributed by atoms with E-state index in [2.05, 4.69) is 37.8 Å². The van der Waals surface area contributed by atoms with Crippen molar-refractivity contribution < 1.29 is 9.18 Å². The molecule has 3 rings (SSSR count). The molecule has 8 heteroatoms. The van der Waals surface area contributed by atoms with Crippen molar-refractivity contribution in [3.8, 4) is 11.3 Å². The highest BCUT2D eigenvalue weighted by Gasteiger charge is 2.20. The summed E-state index contributed by atoms with van der Waals surface area (Å²) in [6, 6.07) is 4.80. The third kappa shape index (κ3) is 3.00. The standard InChI is InChI=1S/C17H15BrFN5O/c1-3-12(25)21-7-9-4-5-10(11(19)6-9)15-14(18)13-16(20)22-8-23-17(13)24(15)2/h3-6,8H,1,7H2,2H3,(H,21,25)(H2,20,22,23). The van der Waals surface area contributed by atoms with Gasteiger partial charge in [-0.05, 0) is 39.7 Å². The van der Waals surface area contributed by atoms with E-state index in [0.717, 1.165) is 0 Å². The van der Waals surface area contributed by atoms with E-state index in [1.807, 2.05) is 0 Å². The predicted octanol–water partition coefficient (Wildman–Crippen LogP) is 2.92. The summed E-state index contributed by atoms with van der Waals surface area (Å²) in [5, 5.41) is 3.25. The largest absolute Gasteiger partial charge is 0.383 e. The Hall–Kier alpha value is -2.74. The lowest BCUT2D eigenvalue weighted by atomic mass is 10.1. The van der Waals surface area contributed by atoms with Crippen molar-refractivity contribution in [3.63, 3.8) is 0 Å². The molecule has 0 fully saturated rings. The monoisotopic (exact) mass is 403 g/mol. The molecule has 25 heavy (non-hydrogen) atoms. The summed E-state index contributed by atoms with van der Waals surface area (Å²) in [5.74, 6) is -0.402. The van der Waals surface area contributed by atoms with Crippen molar-refractivity contribution in [1.82, 2.24) is 19.9 Å². The summed E-state index contributed by atoms with van der Waals surface area (Å²) in [7, 11) is 1.78. The van der Waals surface area contributed by atoms with Gasteiger partial charge in [0.1, 0.15) is 23.6 Å². The summed E-state index contributed by atoms with van der Waals surface area (Å²) in [4.78, 5) is 19.4. The Morgan fingerprint density at radius 1 is 1.48 bits per heavy atom. The van der Waals surface area contributed by atoms with Crippen molar-refractivity contribution in [2.24, 2.45) is 7.05 Å². The number of nitrogens with two attached hydrogens (primary N) is 1. The molecule has 0 radical (unpaired) electrons. The first-order chi connectivity index (χ1) is 11.9. The normalized spacial score (nSPS) is 10.8. The second-order valence-corrected chi connectivity index (χ2v) is 6.21. The maximum absolute atomic E-state index is 14.7. The highest BCUT2D eigenvalue weighted by Crippen LogP contribution is 2.39. The van der Waals surface area contributed by atoms with Gasteiger partial charge in [0, 0.05) is 19.2 Å². The number of nitrogen functional groups attached to an aromatic ring is 1. The van der Waals surface area contributed by atoms with Crippen molar-refractivity contribution in [2.45, 2.75) is 6.54 Å². The Balaban J connectivity index is 2.06. The molecule has 2 heterocycles. The molecule has 0 aliphatic carbocycles. The molecule has 0 unspecified atom stereocenters. The van der Waals surface area contributed by atoms with Crippen LogP contribution in [-0.2, 0) is 18.4 Å². The Morgan fingerprint density at radius 3 is 2.88 bits per heavy atom. The summed E-state index contributed by atoms with van der Waals surface area (Å²) in [6.07, 6.45) is 2.54. The summed E-state index contributed by atoms with van der Waals surface area (Å²) in [5.41, 5.74) is 8.18. The van der Waals surface area contributed by atoms with Gasteiger partial charge in [-0.25, -0.2) is 14.4 Å². The number of nitrogens with zero attached hydrogens (tertiary/aromatic N) is 3. The van der Waals surface area contributed by atoms with Gasteiger partial charge in [0.05, 0.1) is 15.6 Å². The number of hydrogen-bond acceptors (Lipinski definition) is 4. The highest BCUT2D eigenvalue weighted by atomic mass is 79.9. The van der Waals surface area contributed by atoms with E-state index in [1.165, 1.54) is 18.5 Å². The maximum Gasteiger partial charge on any atom is 0.243 e. The van der Waals surface area contributed by atoms with Crippen molar-refractivity contribution in [1.29, 1.82) is 0 Å². The molecule has 1 aromatic carbocycles. The minimum Gasteiger partial charge on any atom is -0.383 e. The lowest BCUT2D eigenvalue weighted by Gasteiger charge is -2.09. The van der Waals surface area contributed by atoms with Gasteiger partial charge in [-0.3, -0.25) is 4.79 Å². The van der Waals surface area contributed by atoms with Crippen LogP contribution >= 0.6 is 15.9 Å². The molecule has 0 spiro atoms. The van der Waals surface area contributed by atoms with Gasteiger partial charge in [0.25, 0.3) is 0 Å². The number of aryl methyl sites for hydroxylation is 1. The molecule has 1 amide bonds. The van der Waals surface area contributed by atoms with Gasteiger partial charge in [0.2, 0.25) is 5.91 Å². The van der Waals surface area contributed by atoms with Crippen LogP contribution in [-0.4, -0.2) is 20.4 Å². The second kappa shape index (κ2) is 6.64. The van der Waals surface area contributed by atoms with E-state index >= 15 is 0 Å². The number of aromatic nitrogens is 3. The van der Waals surface area contributed by atoms with Crippen molar-refractivity contribution >= 4 is 38.7 Å². The Kier molecular flexibility index (Phi) is 4.54. The summed E-state index contributed by atoms with van der Waals surface area (Å²) >= 11 is 3.49. The minimum atomic E-state index is -0.413. The zero-order chi connectivity index (χ0) is 18.1. The number of halogens is 2. The van der Waals surface area contributed by atoms with Crippen LogP contribution < -0.4 is 11.1 Å². The number of hydrogen-bond donors (Lipinski definition) is 2. The van der Waals surface area contributed by atoms with E-state index in [-0.39, 0.29) is 12.5 Å². The minimum absolute atomic E-state index is 0.219. The fourth-order valence-electron chi connectivity index (χ4n) is 2.65. The van der Waals surface area contributed by atoms with E-state index in [4.69, 9.17) is 5.73 Å². The van der Waals surface area contributed by atoms with E-state index in [0.29, 0.717) is 38.1 Å². The first kappa shape index (κ1) is 17.1. The first-order valence-electron chi connectivity index (χ1n) is 7.37. The smallest absolute Gasteiger partial charge is 0.243 e. The third-order valence-electron chi connectivity index (χ3n) is 3.88. The van der Waals surface area contributed by atoms with Crippen LogP contribution in [0.1, 0.15) is 5.56 Å². The molecule has 0 atom stereocenters. The molecule has 0 saturated carbocycles. The number of rotatable bonds is 4. The molecule has 3 N–H and O–H groups in total. The van der Waals surface area contributed by atoms with Crippen LogP contribution in [0.3, 0.4) is 0 Å². The van der Waals surface area contributed by atoms with Gasteiger partial charge < -0.3 is 15.6 Å². The molecule has 0 aliphatic rings. The fraction of sp³-hybridized carbons (Fsp3) is 0.118. The van der Waals surface area contributed by atoms with E-state index in [9.17, 15) is 9.18 Å². The molecule has 0 saturated heterocycles. The number of anilines is 1. The van der Waals surface area contributed by atoms with E-state index in [1.54, 1.807) is 23.7 Å². The maximum atomic E-state index is 14.7. The van der Waals surface area contributed by atoms with Crippen LogP contribution in [0.4, 0.5) is 10.2 Å². The number of carbonyl (C=O) groups excluding carboxylic acids is 1. The zero-order valence-electron chi connectivity index (χ0n) is 13.4. The Bertz CT molecular complexity index is 998. The Morgan fingerprint density at radius 2 is 2.24 bits per heavy atom. The topological polar surface area (TPSA) is 85.8 Å². The average Bonchev–Trinajstić information content (AvgIpc) is 2.85. The average molecular weight is 404 g/mol. The predicted molar refractivity (Wildman–Crippen MR) is 98.1 cm³/mol. The fourth-order valence-corrected chi connectivity index (χ4v) is 3.51. The lowest BCUT2D eigenvalue weighted by molar-refractivity contribution is -0.116. The van der Waals surface area contributed by atoms with Crippen molar-refractivity contribution in [2.75, 3.05) is 5.73 Å². The van der Waals surface area contributed by atoms with Gasteiger partial charge in [-0.1, -0.05) is 12.6 Å². The molecular weight excluding hydrogens is 389 g/mol.